The fourth-order valence-corrected chi connectivity index (χ4v) is 10.5. The molecule has 41 heavy (non-hydrogen) atoms. The first kappa shape index (κ1) is 24.0. The van der Waals surface area contributed by atoms with Gasteiger partial charge in [-0.2, -0.15) is 0 Å². The minimum atomic E-state index is -0.369. The summed E-state index contributed by atoms with van der Waals surface area (Å²) in [4.78, 5) is 0. The Balaban J connectivity index is 1.29. The maximum absolute atomic E-state index is 2.71. The SMILES string of the molecule is C1=CC2=C(C(C3=CCC(C4C5CC6CC(C5)CC4C6)=C3)(c3ccccc3)c3ccccc3)c3ccccc3C2C=C1. The zero-order valence-corrected chi connectivity index (χ0v) is 23.8. The van der Waals surface area contributed by atoms with Crippen LogP contribution in [0.25, 0.3) is 5.57 Å². The first-order chi connectivity index (χ1) is 20.3. The third kappa shape index (κ3) is 3.46. The van der Waals surface area contributed by atoms with E-state index >= 15 is 0 Å². The molecule has 0 aliphatic heterocycles. The van der Waals surface area contributed by atoms with Crippen molar-refractivity contribution in [3.05, 3.63) is 160 Å². The van der Waals surface area contributed by atoms with Crippen molar-refractivity contribution < 1.29 is 0 Å². The van der Waals surface area contributed by atoms with Crippen LogP contribution >= 0.6 is 0 Å². The van der Waals surface area contributed by atoms with Crippen LogP contribution in [0.4, 0.5) is 0 Å². The van der Waals surface area contributed by atoms with Crippen LogP contribution in [0.2, 0.25) is 0 Å². The average Bonchev–Trinajstić information content (AvgIpc) is 3.63. The van der Waals surface area contributed by atoms with Crippen LogP contribution in [-0.2, 0) is 5.41 Å². The molecule has 4 fully saturated rings. The van der Waals surface area contributed by atoms with Gasteiger partial charge in [-0.3, -0.25) is 0 Å². The summed E-state index contributed by atoms with van der Waals surface area (Å²) in [5.74, 6) is 4.96. The molecule has 10 rings (SSSR count). The van der Waals surface area contributed by atoms with Crippen LogP contribution in [0.1, 0.15) is 66.7 Å². The van der Waals surface area contributed by atoms with Gasteiger partial charge in [0.25, 0.3) is 0 Å². The first-order valence-corrected chi connectivity index (χ1v) is 16.0. The van der Waals surface area contributed by atoms with Crippen LogP contribution < -0.4 is 0 Å². The summed E-state index contributed by atoms with van der Waals surface area (Å²) < 4.78 is 0. The Morgan fingerprint density at radius 1 is 0.634 bits per heavy atom. The van der Waals surface area contributed by atoms with Gasteiger partial charge < -0.3 is 0 Å². The summed E-state index contributed by atoms with van der Waals surface area (Å²) in [6.45, 7) is 0. The highest BCUT2D eigenvalue weighted by molar-refractivity contribution is 5.94. The Bertz CT molecular complexity index is 1590. The van der Waals surface area contributed by atoms with Crippen molar-refractivity contribution in [2.75, 3.05) is 0 Å². The van der Waals surface area contributed by atoms with Gasteiger partial charge in [0, 0.05) is 5.92 Å². The Hall–Kier alpha value is -3.64. The van der Waals surface area contributed by atoms with Gasteiger partial charge in [-0.1, -0.05) is 127 Å². The lowest BCUT2D eigenvalue weighted by atomic mass is 9.50. The molecule has 0 saturated heterocycles. The lowest BCUT2D eigenvalue weighted by molar-refractivity contribution is -0.0213. The van der Waals surface area contributed by atoms with E-state index in [1.807, 2.05) is 0 Å². The lowest BCUT2D eigenvalue weighted by Gasteiger charge is -2.55. The second-order valence-electron chi connectivity index (χ2n) is 13.7. The summed E-state index contributed by atoms with van der Waals surface area (Å²) in [6, 6.07) is 32.0. The first-order valence-electron chi connectivity index (χ1n) is 16.0. The molecule has 0 heterocycles. The van der Waals surface area contributed by atoms with E-state index in [1.54, 1.807) is 5.57 Å². The maximum Gasteiger partial charge on any atom is 0.0707 e. The molecule has 0 heteroatoms. The van der Waals surface area contributed by atoms with Gasteiger partial charge in [0.15, 0.2) is 0 Å². The normalized spacial score (nSPS) is 30.8. The fourth-order valence-electron chi connectivity index (χ4n) is 10.5. The average molecular weight is 531 g/mol. The summed E-state index contributed by atoms with van der Waals surface area (Å²) in [5.41, 5.74) is 11.4. The Morgan fingerprint density at radius 3 is 1.95 bits per heavy atom. The molecule has 0 radical (unpaired) electrons. The maximum atomic E-state index is 2.71. The second kappa shape index (κ2) is 9.18. The smallest absolute Gasteiger partial charge is 0.0707 e. The summed E-state index contributed by atoms with van der Waals surface area (Å²) in [7, 11) is 0. The Morgan fingerprint density at radius 2 is 1.27 bits per heavy atom. The van der Waals surface area contributed by atoms with Crippen molar-refractivity contribution >= 4 is 5.57 Å². The fraction of sp³-hybridized carbons (Fsp3) is 0.317. The van der Waals surface area contributed by atoms with E-state index in [0.717, 1.165) is 36.0 Å². The number of fused-ring (bicyclic) bond motifs is 3. The minimum Gasteiger partial charge on any atom is -0.0756 e. The minimum absolute atomic E-state index is 0.313. The van der Waals surface area contributed by atoms with Gasteiger partial charge in [-0.25, -0.2) is 0 Å². The van der Waals surface area contributed by atoms with E-state index in [2.05, 4.69) is 121 Å². The van der Waals surface area contributed by atoms with Gasteiger partial charge >= 0.3 is 0 Å². The third-order valence-electron chi connectivity index (χ3n) is 11.7. The molecule has 3 aromatic rings. The predicted molar refractivity (Wildman–Crippen MR) is 169 cm³/mol. The van der Waals surface area contributed by atoms with Crippen molar-refractivity contribution in [1.29, 1.82) is 0 Å². The zero-order chi connectivity index (χ0) is 27.0. The Kier molecular flexibility index (Phi) is 5.38. The summed E-state index contributed by atoms with van der Waals surface area (Å²) >= 11 is 0. The monoisotopic (exact) mass is 530 g/mol. The van der Waals surface area contributed by atoms with Crippen LogP contribution in [-0.4, -0.2) is 0 Å². The Labute approximate surface area is 244 Å². The van der Waals surface area contributed by atoms with Gasteiger partial charge in [0.05, 0.1) is 5.41 Å². The largest absolute Gasteiger partial charge is 0.0756 e. The number of allylic oxidation sites excluding steroid dienone is 10. The molecule has 0 spiro atoms. The van der Waals surface area contributed by atoms with Crippen LogP contribution in [0, 0.1) is 29.6 Å². The molecule has 7 aliphatic carbocycles. The number of hydrogen-bond donors (Lipinski definition) is 0. The van der Waals surface area contributed by atoms with Crippen molar-refractivity contribution in [1.82, 2.24) is 0 Å². The summed E-state index contributed by atoms with van der Waals surface area (Å²) in [6.07, 6.45) is 23.2. The topological polar surface area (TPSA) is 0 Å². The molecular formula is C41H38. The molecular weight excluding hydrogens is 492 g/mol. The number of hydrogen-bond acceptors (Lipinski definition) is 0. The molecule has 1 atom stereocenters. The van der Waals surface area contributed by atoms with Crippen LogP contribution in [0.5, 0.6) is 0 Å². The van der Waals surface area contributed by atoms with Crippen molar-refractivity contribution in [3.8, 4) is 0 Å². The van der Waals surface area contributed by atoms with Crippen molar-refractivity contribution in [3.63, 3.8) is 0 Å². The highest BCUT2D eigenvalue weighted by Gasteiger charge is 2.51. The molecule has 4 bridgehead atoms. The van der Waals surface area contributed by atoms with Gasteiger partial charge in [-0.05, 0) is 107 Å². The molecule has 7 aliphatic rings. The lowest BCUT2D eigenvalue weighted by Crippen LogP contribution is -2.45. The molecule has 3 aromatic carbocycles. The van der Waals surface area contributed by atoms with E-state index in [4.69, 9.17) is 0 Å². The number of rotatable bonds is 5. The zero-order valence-electron chi connectivity index (χ0n) is 23.8. The van der Waals surface area contributed by atoms with Gasteiger partial charge in [0.1, 0.15) is 0 Å². The van der Waals surface area contributed by atoms with Crippen LogP contribution in [0.15, 0.2) is 138 Å². The molecule has 202 valence electrons. The highest BCUT2D eigenvalue weighted by Crippen LogP contribution is 2.62. The van der Waals surface area contributed by atoms with E-state index in [0.29, 0.717) is 5.92 Å². The standard InChI is InChI=1S/C41H38/c1-3-11-32(12-4-1)41(33-13-5-2-6-14-33,40-37-17-9-7-15-35(37)36-16-8-10-18-38(36)40)34-20-19-29(26-34)39-30-22-27-21-28(24-30)25-31(39)23-27/h1-18,20,26-28,30-31,35,39H,19,21-25H2. The third-order valence-corrected chi connectivity index (χ3v) is 11.7. The van der Waals surface area contributed by atoms with E-state index in [-0.39, 0.29) is 5.41 Å². The molecule has 1 unspecified atom stereocenters. The molecule has 0 amide bonds. The molecule has 0 aromatic heterocycles. The van der Waals surface area contributed by atoms with Crippen molar-refractivity contribution in [2.24, 2.45) is 29.6 Å². The quantitative estimate of drug-likeness (QED) is 0.308. The summed E-state index contributed by atoms with van der Waals surface area (Å²) in [5, 5.41) is 0. The molecule has 4 saturated carbocycles. The molecule has 0 nitrogen and oxygen atoms in total. The van der Waals surface area contributed by atoms with Gasteiger partial charge in [-0.15, -0.1) is 0 Å². The predicted octanol–water partition coefficient (Wildman–Crippen LogP) is 9.98. The second-order valence-corrected chi connectivity index (χ2v) is 13.7. The van der Waals surface area contributed by atoms with E-state index in [1.165, 1.54) is 71.1 Å². The van der Waals surface area contributed by atoms with Gasteiger partial charge in [0.2, 0.25) is 0 Å². The number of benzene rings is 3. The van der Waals surface area contributed by atoms with Crippen molar-refractivity contribution in [2.45, 2.75) is 49.9 Å². The van der Waals surface area contributed by atoms with Crippen LogP contribution in [0.3, 0.4) is 0 Å². The van der Waals surface area contributed by atoms with E-state index < -0.39 is 0 Å². The highest BCUT2D eigenvalue weighted by atomic mass is 14.6. The molecule has 0 N–H and O–H groups in total. The van der Waals surface area contributed by atoms with E-state index in [9.17, 15) is 0 Å².